The fraction of sp³-hybridized carbons (Fsp3) is 0.308. The van der Waals surface area contributed by atoms with E-state index < -0.39 is 0 Å². The molecule has 3 aliphatic rings. The molecule has 2 atom stereocenters. The minimum atomic E-state index is -0.216. The molecule has 3 aromatic rings. The van der Waals surface area contributed by atoms with Crippen LogP contribution in [-0.2, 0) is 0 Å². The van der Waals surface area contributed by atoms with Gasteiger partial charge in [0, 0.05) is 16.9 Å². The molecule has 4 nitrogen and oxygen atoms in total. The number of ether oxygens (including phenoxy) is 1. The summed E-state index contributed by atoms with van der Waals surface area (Å²) in [5, 5.41) is 7.65. The Hall–Kier alpha value is -2.99. The molecule has 2 aromatic carbocycles. The highest BCUT2D eigenvalue weighted by atomic mass is 32.1. The van der Waals surface area contributed by atoms with Crippen molar-refractivity contribution in [2.45, 2.75) is 26.7 Å². The van der Waals surface area contributed by atoms with Gasteiger partial charge in [0.15, 0.2) is 0 Å². The van der Waals surface area contributed by atoms with Gasteiger partial charge in [0.1, 0.15) is 11.6 Å². The third kappa shape index (κ3) is 3.84. The molecule has 6 heteroatoms. The van der Waals surface area contributed by atoms with E-state index in [4.69, 9.17) is 14.8 Å². The van der Waals surface area contributed by atoms with Crippen molar-refractivity contribution in [1.82, 2.24) is 4.98 Å². The first-order chi connectivity index (χ1) is 15.4. The van der Waals surface area contributed by atoms with Crippen LogP contribution in [0, 0.1) is 23.1 Å². The summed E-state index contributed by atoms with van der Waals surface area (Å²) in [7, 11) is 1.66. The number of allylic oxidation sites excluding steroid dienone is 1. The highest BCUT2D eigenvalue weighted by Crippen LogP contribution is 2.59. The molecular weight excluding hydrogens is 421 g/mol. The molecule has 164 valence electrons. The molecule has 0 saturated heterocycles. The second-order valence-electron chi connectivity index (χ2n) is 9.11. The Balaban J connectivity index is 1.40. The topological polar surface area (TPSA) is 46.5 Å². The number of nitrogens with one attached hydrogen (secondary N) is 1. The van der Waals surface area contributed by atoms with E-state index >= 15 is 0 Å². The number of hydrogen-bond donors (Lipinski definition) is 1. The number of aromatic nitrogens is 1. The zero-order valence-electron chi connectivity index (χ0n) is 18.4. The molecule has 0 radical (unpaired) electrons. The van der Waals surface area contributed by atoms with Crippen molar-refractivity contribution in [3.63, 3.8) is 0 Å². The van der Waals surface area contributed by atoms with Crippen molar-refractivity contribution in [2.75, 3.05) is 12.5 Å². The van der Waals surface area contributed by atoms with Gasteiger partial charge >= 0.3 is 0 Å². The summed E-state index contributed by atoms with van der Waals surface area (Å²) in [4.78, 5) is 4.71. The van der Waals surface area contributed by atoms with E-state index in [1.807, 2.05) is 41.8 Å². The predicted molar refractivity (Wildman–Crippen MR) is 130 cm³/mol. The van der Waals surface area contributed by atoms with Gasteiger partial charge in [-0.2, -0.15) is 5.10 Å². The Morgan fingerprint density at radius 1 is 1.16 bits per heavy atom. The highest BCUT2D eigenvalue weighted by molar-refractivity contribution is 7.14. The molecule has 3 fully saturated rings. The number of hydrazone groups is 1. The predicted octanol–water partition coefficient (Wildman–Crippen LogP) is 6.88. The molecule has 1 heterocycles. The molecule has 2 bridgehead atoms. The lowest BCUT2D eigenvalue weighted by Gasteiger charge is -2.57. The van der Waals surface area contributed by atoms with Crippen LogP contribution in [0.2, 0.25) is 0 Å². The molecule has 0 spiro atoms. The first kappa shape index (κ1) is 20.9. The van der Waals surface area contributed by atoms with Crippen LogP contribution in [0.25, 0.3) is 17.3 Å². The molecular formula is C26H26FN3OS. The van der Waals surface area contributed by atoms with Crippen LogP contribution in [0.3, 0.4) is 0 Å². The Kier molecular flexibility index (Phi) is 5.33. The summed E-state index contributed by atoms with van der Waals surface area (Å²) in [6.45, 7) is 4.67. The van der Waals surface area contributed by atoms with E-state index in [0.29, 0.717) is 11.8 Å². The van der Waals surface area contributed by atoms with Crippen LogP contribution in [0.4, 0.5) is 9.52 Å². The van der Waals surface area contributed by atoms with E-state index in [9.17, 15) is 4.39 Å². The largest absolute Gasteiger partial charge is 0.497 e. The Morgan fingerprint density at radius 3 is 2.59 bits per heavy atom. The number of halogens is 1. The standard InChI is InChI=1S/C26H26FN3OS/c1-26(2)19-13-18(12-16-4-8-20(27)9-5-16)24(22(26)14-19)29-30-25-28-23(15-32-25)17-6-10-21(31-3)11-7-17/h4-12,15,19,22H,13-14H2,1-3H3,(H,28,30). The van der Waals surface area contributed by atoms with Gasteiger partial charge in [-0.1, -0.05) is 26.0 Å². The van der Waals surface area contributed by atoms with Crippen molar-refractivity contribution in [1.29, 1.82) is 0 Å². The fourth-order valence-corrected chi connectivity index (χ4v) is 5.45. The normalized spacial score (nSPS) is 23.8. The van der Waals surface area contributed by atoms with Crippen LogP contribution in [0.5, 0.6) is 5.75 Å². The van der Waals surface area contributed by atoms with Gasteiger partial charge in [-0.3, -0.25) is 5.43 Å². The summed E-state index contributed by atoms with van der Waals surface area (Å²) in [5.74, 6) is 1.70. The van der Waals surface area contributed by atoms with Gasteiger partial charge < -0.3 is 4.74 Å². The van der Waals surface area contributed by atoms with Crippen LogP contribution in [-0.4, -0.2) is 17.8 Å². The monoisotopic (exact) mass is 447 g/mol. The highest BCUT2D eigenvalue weighted by Gasteiger charge is 2.54. The second-order valence-corrected chi connectivity index (χ2v) is 9.97. The quantitative estimate of drug-likeness (QED) is 0.434. The lowest BCUT2D eigenvalue weighted by Crippen LogP contribution is -2.53. The Labute approximate surface area is 191 Å². The molecule has 1 N–H and O–H groups in total. The van der Waals surface area contributed by atoms with E-state index in [1.165, 1.54) is 24.1 Å². The maximum absolute atomic E-state index is 13.3. The summed E-state index contributed by atoms with van der Waals surface area (Å²) in [6.07, 6.45) is 4.32. The van der Waals surface area contributed by atoms with Crippen molar-refractivity contribution < 1.29 is 9.13 Å². The molecule has 32 heavy (non-hydrogen) atoms. The first-order valence-electron chi connectivity index (χ1n) is 10.8. The minimum absolute atomic E-state index is 0.216. The van der Waals surface area contributed by atoms with Gasteiger partial charge in [-0.25, -0.2) is 9.37 Å². The third-order valence-electron chi connectivity index (χ3n) is 6.97. The van der Waals surface area contributed by atoms with Crippen molar-refractivity contribution >= 4 is 28.3 Å². The second kappa shape index (κ2) is 8.17. The number of methoxy groups -OCH3 is 1. The lowest BCUT2D eigenvalue weighted by atomic mass is 9.47. The number of rotatable bonds is 5. The van der Waals surface area contributed by atoms with Gasteiger partial charge in [-0.15, -0.1) is 11.3 Å². The zero-order chi connectivity index (χ0) is 22.3. The molecule has 2 unspecified atom stereocenters. The van der Waals surface area contributed by atoms with Crippen molar-refractivity contribution in [2.24, 2.45) is 22.4 Å². The number of fused-ring (bicyclic) bond motifs is 2. The van der Waals surface area contributed by atoms with Gasteiger partial charge in [0.2, 0.25) is 5.13 Å². The van der Waals surface area contributed by atoms with E-state index in [2.05, 4.69) is 25.3 Å². The maximum Gasteiger partial charge on any atom is 0.203 e. The van der Waals surface area contributed by atoms with Crippen molar-refractivity contribution in [3.8, 4) is 17.0 Å². The third-order valence-corrected chi connectivity index (χ3v) is 7.72. The van der Waals surface area contributed by atoms with E-state index in [-0.39, 0.29) is 11.2 Å². The molecule has 0 aliphatic heterocycles. The number of anilines is 1. The van der Waals surface area contributed by atoms with Gasteiger partial charge in [0.05, 0.1) is 18.5 Å². The smallest absolute Gasteiger partial charge is 0.203 e. The lowest BCUT2D eigenvalue weighted by molar-refractivity contribution is 0.0143. The number of nitrogens with zero attached hydrogens (tertiary/aromatic N) is 2. The molecule has 3 aliphatic carbocycles. The Bertz CT molecular complexity index is 1180. The van der Waals surface area contributed by atoms with Crippen molar-refractivity contribution in [3.05, 3.63) is 70.9 Å². The molecule has 1 aromatic heterocycles. The number of benzene rings is 2. The summed E-state index contributed by atoms with van der Waals surface area (Å²) in [6, 6.07) is 14.5. The molecule has 6 rings (SSSR count). The summed E-state index contributed by atoms with van der Waals surface area (Å²) >= 11 is 1.54. The number of thiazole rings is 1. The summed E-state index contributed by atoms with van der Waals surface area (Å²) in [5.41, 5.74) is 8.75. The van der Waals surface area contributed by atoms with Crippen LogP contribution in [0.15, 0.2) is 64.6 Å². The maximum atomic E-state index is 13.3. The van der Waals surface area contributed by atoms with Crippen LogP contribution in [0.1, 0.15) is 32.3 Å². The fourth-order valence-electron chi connectivity index (χ4n) is 4.79. The average Bonchev–Trinajstić information content (AvgIpc) is 3.28. The Morgan fingerprint density at radius 2 is 1.91 bits per heavy atom. The van der Waals surface area contributed by atoms with Gasteiger partial charge in [0.25, 0.3) is 0 Å². The SMILES string of the molecule is COc1ccc(-c2csc(NN=C3C(=Cc4ccc(F)cc4)CC4CC3C4(C)C)n2)cc1. The van der Waals surface area contributed by atoms with E-state index in [0.717, 1.165) is 39.8 Å². The van der Waals surface area contributed by atoms with Gasteiger partial charge in [-0.05, 0) is 77.8 Å². The van der Waals surface area contributed by atoms with Crippen LogP contribution >= 0.6 is 11.3 Å². The summed E-state index contributed by atoms with van der Waals surface area (Å²) < 4.78 is 18.6. The molecule has 0 amide bonds. The first-order valence-corrected chi connectivity index (χ1v) is 11.7. The van der Waals surface area contributed by atoms with Crippen LogP contribution < -0.4 is 10.2 Å². The minimum Gasteiger partial charge on any atom is -0.497 e. The molecule has 3 saturated carbocycles. The van der Waals surface area contributed by atoms with E-state index in [1.54, 1.807) is 18.4 Å². The zero-order valence-corrected chi connectivity index (χ0v) is 19.2. The number of hydrogen-bond acceptors (Lipinski definition) is 5. The average molecular weight is 448 g/mol.